The average molecular weight is 293 g/mol. The third-order valence-electron chi connectivity index (χ3n) is 3.82. The van der Waals surface area contributed by atoms with E-state index < -0.39 is 18.6 Å². The van der Waals surface area contributed by atoms with Gasteiger partial charge in [0.15, 0.2) is 0 Å². The monoisotopic (exact) mass is 293 g/mol. The standard InChI is InChI=1S/C12H18F3N3O2/c13-12(14,15)7-17-10(19)6-18-9-3-4-16-5-8(9)1-2-11(18)20/h8-9,16H,1-7H2,(H,17,19). The van der Waals surface area contributed by atoms with E-state index in [1.165, 1.54) is 4.90 Å². The predicted octanol–water partition coefficient (Wildman–Crippen LogP) is 0.265. The van der Waals surface area contributed by atoms with Crippen LogP contribution in [0, 0.1) is 5.92 Å². The zero-order valence-electron chi connectivity index (χ0n) is 11.0. The van der Waals surface area contributed by atoms with E-state index in [0.717, 1.165) is 25.9 Å². The first-order valence-electron chi connectivity index (χ1n) is 6.70. The Morgan fingerprint density at radius 1 is 1.40 bits per heavy atom. The normalized spacial score (nSPS) is 27.1. The fourth-order valence-electron chi connectivity index (χ4n) is 2.87. The molecule has 2 heterocycles. The summed E-state index contributed by atoms with van der Waals surface area (Å²) in [5, 5.41) is 5.04. The summed E-state index contributed by atoms with van der Waals surface area (Å²) in [5.74, 6) is -0.609. The summed E-state index contributed by atoms with van der Waals surface area (Å²) in [4.78, 5) is 24.9. The van der Waals surface area contributed by atoms with E-state index in [2.05, 4.69) is 5.32 Å². The van der Waals surface area contributed by atoms with Gasteiger partial charge in [-0.25, -0.2) is 0 Å². The molecule has 8 heteroatoms. The molecule has 0 aliphatic carbocycles. The van der Waals surface area contributed by atoms with Gasteiger partial charge in [-0.05, 0) is 31.8 Å². The molecule has 0 spiro atoms. The zero-order chi connectivity index (χ0) is 14.8. The molecule has 2 unspecified atom stereocenters. The highest BCUT2D eigenvalue weighted by Gasteiger charge is 2.38. The number of hydrogen-bond acceptors (Lipinski definition) is 3. The molecular weight excluding hydrogens is 275 g/mol. The molecule has 2 amide bonds. The van der Waals surface area contributed by atoms with Gasteiger partial charge in [-0.2, -0.15) is 13.2 Å². The Kier molecular flexibility index (Phi) is 4.52. The van der Waals surface area contributed by atoms with Crippen LogP contribution in [-0.2, 0) is 9.59 Å². The Bertz CT molecular complexity index is 387. The number of likely N-dealkylation sites (tertiary alicyclic amines) is 1. The maximum atomic E-state index is 12.0. The van der Waals surface area contributed by atoms with Gasteiger partial charge in [-0.1, -0.05) is 0 Å². The highest BCUT2D eigenvalue weighted by Crippen LogP contribution is 2.28. The minimum Gasteiger partial charge on any atom is -0.345 e. The van der Waals surface area contributed by atoms with Gasteiger partial charge in [0.25, 0.3) is 0 Å². The summed E-state index contributed by atoms with van der Waals surface area (Å²) in [6.07, 6.45) is -2.56. The Morgan fingerprint density at radius 3 is 2.85 bits per heavy atom. The SMILES string of the molecule is O=C(CN1C(=O)CCC2CNCCC21)NCC(F)(F)F. The number of halogens is 3. The number of piperidine rings is 2. The molecule has 114 valence electrons. The van der Waals surface area contributed by atoms with Gasteiger partial charge in [0.05, 0.1) is 6.54 Å². The second-order valence-corrected chi connectivity index (χ2v) is 5.27. The number of nitrogens with one attached hydrogen (secondary N) is 2. The fourth-order valence-corrected chi connectivity index (χ4v) is 2.87. The highest BCUT2D eigenvalue weighted by molar-refractivity contribution is 5.85. The van der Waals surface area contributed by atoms with Crippen LogP contribution in [0.2, 0.25) is 0 Å². The number of hydrogen-bond donors (Lipinski definition) is 2. The molecule has 0 radical (unpaired) electrons. The molecule has 2 fully saturated rings. The van der Waals surface area contributed by atoms with Gasteiger partial charge >= 0.3 is 6.18 Å². The smallest absolute Gasteiger partial charge is 0.345 e. The summed E-state index contributed by atoms with van der Waals surface area (Å²) in [5.41, 5.74) is 0. The fraction of sp³-hybridized carbons (Fsp3) is 0.833. The van der Waals surface area contributed by atoms with Crippen molar-refractivity contribution in [3.05, 3.63) is 0 Å². The van der Waals surface area contributed by atoms with Crippen LogP contribution in [0.5, 0.6) is 0 Å². The lowest BCUT2D eigenvalue weighted by molar-refractivity contribution is -0.147. The van der Waals surface area contributed by atoms with Crippen molar-refractivity contribution < 1.29 is 22.8 Å². The van der Waals surface area contributed by atoms with Crippen molar-refractivity contribution in [1.29, 1.82) is 0 Å². The number of rotatable bonds is 3. The molecule has 20 heavy (non-hydrogen) atoms. The van der Waals surface area contributed by atoms with Crippen molar-refractivity contribution in [2.45, 2.75) is 31.5 Å². The Morgan fingerprint density at radius 2 is 2.15 bits per heavy atom. The van der Waals surface area contributed by atoms with Crippen LogP contribution >= 0.6 is 0 Å². The van der Waals surface area contributed by atoms with E-state index >= 15 is 0 Å². The molecule has 0 aromatic rings. The second kappa shape index (κ2) is 5.99. The molecule has 2 saturated heterocycles. The van der Waals surface area contributed by atoms with E-state index in [9.17, 15) is 22.8 Å². The molecule has 2 aliphatic rings. The van der Waals surface area contributed by atoms with Crippen LogP contribution in [0.1, 0.15) is 19.3 Å². The molecular formula is C12H18F3N3O2. The largest absolute Gasteiger partial charge is 0.405 e. The number of fused-ring (bicyclic) bond motifs is 1. The summed E-state index contributed by atoms with van der Waals surface area (Å²) >= 11 is 0. The zero-order valence-corrected chi connectivity index (χ0v) is 11.0. The van der Waals surface area contributed by atoms with E-state index in [-0.39, 0.29) is 24.4 Å². The highest BCUT2D eigenvalue weighted by atomic mass is 19.4. The van der Waals surface area contributed by atoms with Crippen LogP contribution < -0.4 is 10.6 Å². The van der Waals surface area contributed by atoms with E-state index in [1.54, 1.807) is 0 Å². The van der Waals surface area contributed by atoms with Gasteiger partial charge in [0.1, 0.15) is 6.54 Å². The number of carbonyl (C=O) groups is 2. The van der Waals surface area contributed by atoms with Crippen molar-refractivity contribution >= 4 is 11.8 Å². The van der Waals surface area contributed by atoms with Crippen LogP contribution in [0.15, 0.2) is 0 Å². The molecule has 0 aromatic carbocycles. The first kappa shape index (κ1) is 15.1. The lowest BCUT2D eigenvalue weighted by Crippen LogP contribution is -2.57. The number of amides is 2. The van der Waals surface area contributed by atoms with Crippen LogP contribution in [-0.4, -0.2) is 55.1 Å². The van der Waals surface area contributed by atoms with E-state index in [1.807, 2.05) is 5.32 Å². The molecule has 0 aromatic heterocycles. The van der Waals surface area contributed by atoms with Crippen molar-refractivity contribution in [1.82, 2.24) is 15.5 Å². The van der Waals surface area contributed by atoms with Gasteiger partial charge < -0.3 is 15.5 Å². The van der Waals surface area contributed by atoms with Crippen molar-refractivity contribution in [2.75, 3.05) is 26.2 Å². The minimum atomic E-state index is -4.43. The minimum absolute atomic E-state index is 0.0332. The van der Waals surface area contributed by atoms with Crippen LogP contribution in [0.4, 0.5) is 13.2 Å². The third-order valence-corrected chi connectivity index (χ3v) is 3.82. The Hall–Kier alpha value is -1.31. The number of alkyl halides is 3. The summed E-state index contributed by atoms with van der Waals surface area (Å²) < 4.78 is 36.1. The van der Waals surface area contributed by atoms with Crippen LogP contribution in [0.25, 0.3) is 0 Å². The van der Waals surface area contributed by atoms with Gasteiger partial charge in [-0.15, -0.1) is 0 Å². The Labute approximate surface area is 114 Å². The topological polar surface area (TPSA) is 61.4 Å². The summed E-state index contributed by atoms with van der Waals surface area (Å²) in [7, 11) is 0. The first-order chi connectivity index (χ1) is 9.37. The second-order valence-electron chi connectivity index (χ2n) is 5.27. The molecule has 0 saturated carbocycles. The summed E-state index contributed by atoms with van der Waals surface area (Å²) in [6, 6.07) is -0.0332. The predicted molar refractivity (Wildman–Crippen MR) is 64.8 cm³/mol. The molecule has 0 bridgehead atoms. The average Bonchev–Trinajstić information content (AvgIpc) is 2.39. The summed E-state index contributed by atoms with van der Waals surface area (Å²) in [6.45, 7) is -0.0900. The quantitative estimate of drug-likeness (QED) is 0.785. The lowest BCUT2D eigenvalue weighted by Gasteiger charge is -2.43. The van der Waals surface area contributed by atoms with Crippen molar-refractivity contribution in [3.63, 3.8) is 0 Å². The molecule has 2 rings (SSSR count). The van der Waals surface area contributed by atoms with Crippen LogP contribution in [0.3, 0.4) is 0 Å². The number of carbonyl (C=O) groups excluding carboxylic acids is 2. The maximum Gasteiger partial charge on any atom is 0.405 e. The third kappa shape index (κ3) is 3.84. The Balaban J connectivity index is 1.91. The molecule has 2 aliphatic heterocycles. The van der Waals surface area contributed by atoms with Gasteiger partial charge in [0, 0.05) is 12.5 Å². The lowest BCUT2D eigenvalue weighted by atomic mass is 9.84. The molecule has 2 atom stereocenters. The van der Waals surface area contributed by atoms with E-state index in [4.69, 9.17) is 0 Å². The van der Waals surface area contributed by atoms with Gasteiger partial charge in [-0.3, -0.25) is 9.59 Å². The van der Waals surface area contributed by atoms with E-state index in [0.29, 0.717) is 6.42 Å². The maximum absolute atomic E-state index is 12.0. The van der Waals surface area contributed by atoms with Gasteiger partial charge in [0.2, 0.25) is 11.8 Å². The first-order valence-corrected chi connectivity index (χ1v) is 6.70. The molecule has 5 nitrogen and oxygen atoms in total. The molecule has 2 N–H and O–H groups in total. The van der Waals surface area contributed by atoms with Crippen molar-refractivity contribution in [3.8, 4) is 0 Å². The van der Waals surface area contributed by atoms with Crippen molar-refractivity contribution in [2.24, 2.45) is 5.92 Å². The number of nitrogens with zero attached hydrogens (tertiary/aromatic N) is 1.